The van der Waals surface area contributed by atoms with Crippen molar-refractivity contribution in [3.63, 3.8) is 0 Å². The van der Waals surface area contributed by atoms with Crippen LogP contribution in [0.15, 0.2) is 34.9 Å². The number of hydrogen-bond acceptors (Lipinski definition) is 5. The number of imidazole rings is 1. The van der Waals surface area contributed by atoms with E-state index in [0.717, 1.165) is 17.0 Å². The summed E-state index contributed by atoms with van der Waals surface area (Å²) in [5, 5.41) is 6.43. The number of H-pyrrole nitrogens is 1. The number of anilines is 2. The molecule has 0 atom stereocenters. The van der Waals surface area contributed by atoms with Crippen LogP contribution >= 0.6 is 0 Å². The maximum absolute atomic E-state index is 11.9. The van der Waals surface area contributed by atoms with Crippen molar-refractivity contribution in [2.75, 3.05) is 23.8 Å². The zero-order valence-electron chi connectivity index (χ0n) is 12.5. The summed E-state index contributed by atoms with van der Waals surface area (Å²) >= 11 is 0. The lowest BCUT2D eigenvalue weighted by Gasteiger charge is -2.14. The molecule has 3 rings (SSSR count). The van der Waals surface area contributed by atoms with E-state index in [-0.39, 0.29) is 5.91 Å². The van der Waals surface area contributed by atoms with E-state index in [1.807, 2.05) is 36.2 Å². The van der Waals surface area contributed by atoms with Gasteiger partial charge in [-0.05, 0) is 19.1 Å². The maximum Gasteiger partial charge on any atom is 0.227 e. The van der Waals surface area contributed by atoms with Gasteiger partial charge in [0, 0.05) is 26.1 Å². The Hall–Kier alpha value is -2.83. The summed E-state index contributed by atoms with van der Waals surface area (Å²) in [6, 6.07) is 9.50. The van der Waals surface area contributed by atoms with Gasteiger partial charge in [-0.15, -0.1) is 0 Å². The minimum Gasteiger partial charge on any atom is -0.360 e. The zero-order valence-corrected chi connectivity index (χ0v) is 12.5. The minimum atomic E-state index is -0.115. The SMILES string of the molecule is Cc1cc(NC(=O)CCN(C)c2nc3ccccc3[nH]2)no1. The number of benzene rings is 1. The molecule has 0 saturated carbocycles. The zero-order chi connectivity index (χ0) is 15.5. The minimum absolute atomic E-state index is 0.115. The summed E-state index contributed by atoms with van der Waals surface area (Å²) in [7, 11) is 1.89. The first-order valence-electron chi connectivity index (χ1n) is 7.01. The number of aromatic nitrogens is 3. The number of aromatic amines is 1. The Morgan fingerprint density at radius 3 is 2.95 bits per heavy atom. The number of rotatable bonds is 5. The van der Waals surface area contributed by atoms with Gasteiger partial charge in [-0.25, -0.2) is 4.98 Å². The van der Waals surface area contributed by atoms with Crippen LogP contribution in [0.5, 0.6) is 0 Å². The highest BCUT2D eigenvalue weighted by Crippen LogP contribution is 2.16. The highest BCUT2D eigenvalue weighted by atomic mass is 16.5. The van der Waals surface area contributed by atoms with Crippen LogP contribution in [0.4, 0.5) is 11.8 Å². The van der Waals surface area contributed by atoms with Crippen LogP contribution in [0.3, 0.4) is 0 Å². The van der Waals surface area contributed by atoms with Crippen LogP contribution < -0.4 is 10.2 Å². The normalized spacial score (nSPS) is 10.8. The molecule has 22 heavy (non-hydrogen) atoms. The molecule has 0 radical (unpaired) electrons. The highest BCUT2D eigenvalue weighted by molar-refractivity contribution is 5.90. The van der Waals surface area contributed by atoms with Gasteiger partial charge in [0.2, 0.25) is 11.9 Å². The fourth-order valence-corrected chi connectivity index (χ4v) is 2.13. The number of hydrogen-bond donors (Lipinski definition) is 2. The van der Waals surface area contributed by atoms with Crippen LogP contribution in [0.1, 0.15) is 12.2 Å². The molecular formula is C15H17N5O2. The Bertz CT molecular complexity index is 759. The molecule has 2 N–H and O–H groups in total. The fourth-order valence-electron chi connectivity index (χ4n) is 2.13. The second kappa shape index (κ2) is 5.88. The van der Waals surface area contributed by atoms with E-state index in [1.165, 1.54) is 0 Å². The summed E-state index contributed by atoms with van der Waals surface area (Å²) in [4.78, 5) is 21.5. The third-order valence-corrected chi connectivity index (χ3v) is 3.31. The summed E-state index contributed by atoms with van der Waals surface area (Å²) < 4.78 is 4.90. The van der Waals surface area contributed by atoms with Crippen LogP contribution in [0.2, 0.25) is 0 Å². The van der Waals surface area contributed by atoms with E-state index in [2.05, 4.69) is 20.4 Å². The number of nitrogens with one attached hydrogen (secondary N) is 2. The second-order valence-corrected chi connectivity index (χ2v) is 5.12. The van der Waals surface area contributed by atoms with E-state index in [4.69, 9.17) is 4.52 Å². The monoisotopic (exact) mass is 299 g/mol. The van der Waals surface area contributed by atoms with Crippen molar-refractivity contribution in [3.05, 3.63) is 36.1 Å². The first-order chi connectivity index (χ1) is 10.6. The third kappa shape index (κ3) is 3.08. The van der Waals surface area contributed by atoms with E-state index in [0.29, 0.717) is 24.5 Å². The van der Waals surface area contributed by atoms with Gasteiger partial charge in [0.1, 0.15) is 5.76 Å². The number of para-hydroxylation sites is 2. The molecule has 7 nitrogen and oxygen atoms in total. The molecule has 1 amide bonds. The molecule has 0 aliphatic carbocycles. The Morgan fingerprint density at radius 2 is 2.23 bits per heavy atom. The van der Waals surface area contributed by atoms with Crippen LogP contribution in [0.25, 0.3) is 11.0 Å². The lowest BCUT2D eigenvalue weighted by atomic mass is 10.3. The molecule has 0 aliphatic rings. The van der Waals surface area contributed by atoms with E-state index < -0.39 is 0 Å². The lowest BCUT2D eigenvalue weighted by molar-refractivity contribution is -0.116. The van der Waals surface area contributed by atoms with E-state index in [1.54, 1.807) is 13.0 Å². The third-order valence-electron chi connectivity index (χ3n) is 3.31. The Morgan fingerprint density at radius 1 is 1.41 bits per heavy atom. The van der Waals surface area contributed by atoms with Gasteiger partial charge >= 0.3 is 0 Å². The van der Waals surface area contributed by atoms with Crippen molar-refractivity contribution in [3.8, 4) is 0 Å². The Balaban J connectivity index is 1.57. The van der Waals surface area contributed by atoms with Gasteiger partial charge in [-0.1, -0.05) is 17.3 Å². The van der Waals surface area contributed by atoms with Crippen LogP contribution in [-0.2, 0) is 4.79 Å². The maximum atomic E-state index is 11.9. The number of aryl methyl sites for hydroxylation is 1. The number of nitrogens with zero attached hydrogens (tertiary/aromatic N) is 3. The van der Waals surface area contributed by atoms with Gasteiger partial charge in [0.15, 0.2) is 5.82 Å². The van der Waals surface area contributed by atoms with Crippen molar-refractivity contribution in [2.24, 2.45) is 0 Å². The van der Waals surface area contributed by atoms with Gasteiger partial charge in [0.25, 0.3) is 0 Å². The molecule has 2 heterocycles. The Labute approximate surface area is 127 Å². The van der Waals surface area contributed by atoms with Gasteiger partial charge in [-0.3, -0.25) is 4.79 Å². The molecule has 3 aromatic rings. The van der Waals surface area contributed by atoms with Crippen LogP contribution in [0, 0.1) is 6.92 Å². The molecule has 1 aromatic carbocycles. The second-order valence-electron chi connectivity index (χ2n) is 5.12. The molecule has 0 bridgehead atoms. The van der Waals surface area contributed by atoms with E-state index >= 15 is 0 Å². The number of carbonyl (C=O) groups is 1. The number of fused-ring (bicyclic) bond motifs is 1. The van der Waals surface area contributed by atoms with Crippen molar-refractivity contribution in [2.45, 2.75) is 13.3 Å². The number of amides is 1. The largest absolute Gasteiger partial charge is 0.360 e. The van der Waals surface area contributed by atoms with Crippen molar-refractivity contribution in [1.29, 1.82) is 0 Å². The van der Waals surface area contributed by atoms with Gasteiger partial charge in [0.05, 0.1) is 11.0 Å². The molecule has 7 heteroatoms. The molecule has 0 spiro atoms. The molecule has 0 fully saturated rings. The summed E-state index contributed by atoms with van der Waals surface area (Å²) in [6.45, 7) is 2.32. The summed E-state index contributed by atoms with van der Waals surface area (Å²) in [5.74, 6) is 1.73. The van der Waals surface area contributed by atoms with Crippen molar-refractivity contribution < 1.29 is 9.32 Å². The molecule has 0 aliphatic heterocycles. The molecule has 114 valence electrons. The molecule has 0 unspecified atom stereocenters. The smallest absolute Gasteiger partial charge is 0.227 e. The first kappa shape index (κ1) is 14.1. The van der Waals surface area contributed by atoms with Crippen LogP contribution in [-0.4, -0.2) is 34.6 Å². The molecule has 2 aromatic heterocycles. The first-order valence-corrected chi connectivity index (χ1v) is 7.01. The highest BCUT2D eigenvalue weighted by Gasteiger charge is 2.10. The van der Waals surface area contributed by atoms with Gasteiger partial charge < -0.3 is 19.7 Å². The summed E-state index contributed by atoms with van der Waals surface area (Å²) in [6.07, 6.45) is 0.333. The topological polar surface area (TPSA) is 87.0 Å². The molecule has 0 saturated heterocycles. The predicted molar refractivity (Wildman–Crippen MR) is 83.9 cm³/mol. The number of carbonyl (C=O) groups excluding carboxylic acids is 1. The lowest BCUT2D eigenvalue weighted by Crippen LogP contribution is -2.24. The summed E-state index contributed by atoms with van der Waals surface area (Å²) in [5.41, 5.74) is 1.89. The average Bonchev–Trinajstić information content (AvgIpc) is 3.10. The predicted octanol–water partition coefficient (Wildman–Crippen LogP) is 2.32. The fraction of sp³-hybridized carbons (Fsp3) is 0.267. The van der Waals surface area contributed by atoms with Gasteiger partial charge in [-0.2, -0.15) is 0 Å². The van der Waals surface area contributed by atoms with Crippen molar-refractivity contribution in [1.82, 2.24) is 15.1 Å². The standard InChI is InChI=1S/C15H17N5O2/c1-10-9-13(19-22-10)18-14(21)7-8-20(2)15-16-11-5-3-4-6-12(11)17-15/h3-6,9H,7-8H2,1-2H3,(H,16,17)(H,18,19,21). The Kier molecular flexibility index (Phi) is 3.78. The quantitative estimate of drug-likeness (QED) is 0.755. The van der Waals surface area contributed by atoms with E-state index in [9.17, 15) is 4.79 Å². The average molecular weight is 299 g/mol. The van der Waals surface area contributed by atoms with Crippen molar-refractivity contribution >= 4 is 28.7 Å². The molecular weight excluding hydrogens is 282 g/mol.